The summed E-state index contributed by atoms with van der Waals surface area (Å²) in [7, 11) is 0. The van der Waals surface area contributed by atoms with Crippen molar-refractivity contribution in [2.75, 3.05) is 0 Å². The third kappa shape index (κ3) is 2.18. The van der Waals surface area contributed by atoms with E-state index in [2.05, 4.69) is 36.4 Å². The number of hydrogen-bond donors (Lipinski definition) is 1. The fourth-order valence-electron chi connectivity index (χ4n) is 2.72. The van der Waals surface area contributed by atoms with E-state index in [9.17, 15) is 0 Å². The lowest BCUT2D eigenvalue weighted by Crippen LogP contribution is -2.25. The van der Waals surface area contributed by atoms with Gasteiger partial charge in [-0.15, -0.1) is 0 Å². The third-order valence-corrected chi connectivity index (χ3v) is 3.81. The minimum Gasteiger partial charge on any atom is -0.328 e. The van der Waals surface area contributed by atoms with Gasteiger partial charge in [0.05, 0.1) is 5.52 Å². The van der Waals surface area contributed by atoms with Gasteiger partial charge in [-0.1, -0.05) is 24.3 Å². The largest absolute Gasteiger partial charge is 0.328 e. The molecule has 1 fully saturated rings. The van der Waals surface area contributed by atoms with Gasteiger partial charge in [0.2, 0.25) is 0 Å². The van der Waals surface area contributed by atoms with E-state index in [1.54, 1.807) is 0 Å². The minimum atomic E-state index is 0.409. The fraction of sp³-hybridized carbons (Fsp3) is 0.400. The number of pyridine rings is 1. The quantitative estimate of drug-likeness (QED) is 0.811. The first kappa shape index (κ1) is 10.7. The fourth-order valence-corrected chi connectivity index (χ4v) is 2.72. The summed E-state index contributed by atoms with van der Waals surface area (Å²) in [6.45, 7) is 0. The monoisotopic (exact) mass is 226 g/mol. The van der Waals surface area contributed by atoms with E-state index in [-0.39, 0.29) is 0 Å². The summed E-state index contributed by atoms with van der Waals surface area (Å²) in [5.74, 6) is 0.611. The van der Waals surface area contributed by atoms with Gasteiger partial charge in [-0.3, -0.25) is 4.98 Å². The van der Waals surface area contributed by atoms with Gasteiger partial charge in [-0.2, -0.15) is 0 Å². The van der Waals surface area contributed by atoms with Crippen LogP contribution < -0.4 is 5.73 Å². The number of nitrogens with two attached hydrogens (primary N) is 1. The lowest BCUT2D eigenvalue weighted by molar-refractivity contribution is 0.391. The molecule has 1 aromatic carbocycles. The van der Waals surface area contributed by atoms with E-state index in [0.29, 0.717) is 12.0 Å². The molecule has 0 spiro atoms. The van der Waals surface area contributed by atoms with Crippen molar-refractivity contribution in [2.45, 2.75) is 37.6 Å². The molecule has 1 aliphatic carbocycles. The van der Waals surface area contributed by atoms with Crippen LogP contribution >= 0.6 is 0 Å². The van der Waals surface area contributed by atoms with Gasteiger partial charge >= 0.3 is 0 Å². The first-order chi connectivity index (χ1) is 8.33. The molecule has 0 aliphatic heterocycles. The van der Waals surface area contributed by atoms with Crippen molar-refractivity contribution in [2.24, 2.45) is 5.73 Å². The number of benzene rings is 1. The molecule has 1 aromatic heterocycles. The summed E-state index contributed by atoms with van der Waals surface area (Å²) in [5.41, 5.74) is 8.30. The van der Waals surface area contributed by atoms with Gasteiger partial charge in [-0.25, -0.2) is 0 Å². The highest BCUT2D eigenvalue weighted by Crippen LogP contribution is 2.31. The highest BCUT2D eigenvalue weighted by molar-refractivity contribution is 5.78. The predicted molar refractivity (Wildman–Crippen MR) is 70.9 cm³/mol. The van der Waals surface area contributed by atoms with Crippen molar-refractivity contribution in [3.05, 3.63) is 42.1 Å². The number of rotatable bonds is 1. The number of nitrogens with zero attached hydrogens (tertiary/aromatic N) is 1. The van der Waals surface area contributed by atoms with Gasteiger partial charge in [0.25, 0.3) is 0 Å². The Morgan fingerprint density at radius 2 is 1.71 bits per heavy atom. The zero-order valence-electron chi connectivity index (χ0n) is 9.97. The van der Waals surface area contributed by atoms with Crippen LogP contribution in [0.1, 0.15) is 37.3 Å². The van der Waals surface area contributed by atoms with E-state index in [1.807, 2.05) is 0 Å². The van der Waals surface area contributed by atoms with Crippen LogP contribution in [0, 0.1) is 0 Å². The van der Waals surface area contributed by atoms with E-state index in [0.717, 1.165) is 18.4 Å². The number of aromatic nitrogens is 1. The predicted octanol–water partition coefficient (Wildman–Crippen LogP) is 3.22. The molecule has 2 N–H and O–H groups in total. The normalized spacial score (nSPS) is 25.0. The van der Waals surface area contributed by atoms with Crippen molar-refractivity contribution in [1.29, 1.82) is 0 Å². The standard InChI is InChI=1S/C15H18N2/c16-13-8-5-12(6-9-13)15-10-7-11-3-1-2-4-14(11)17-15/h1-4,7,10,12-13H,5-6,8-9,16H2. The zero-order valence-corrected chi connectivity index (χ0v) is 9.97. The van der Waals surface area contributed by atoms with Crippen LogP contribution in [0.15, 0.2) is 36.4 Å². The molecule has 2 nitrogen and oxygen atoms in total. The molecule has 0 amide bonds. The summed E-state index contributed by atoms with van der Waals surface area (Å²) in [4.78, 5) is 4.78. The molecule has 0 saturated heterocycles. The molecule has 2 heteroatoms. The maximum atomic E-state index is 5.95. The van der Waals surface area contributed by atoms with Gasteiger partial charge in [0.1, 0.15) is 0 Å². The van der Waals surface area contributed by atoms with Crippen LogP contribution in [0.4, 0.5) is 0 Å². The Bertz CT molecular complexity index is 513. The second-order valence-corrected chi connectivity index (χ2v) is 5.04. The molecule has 17 heavy (non-hydrogen) atoms. The van der Waals surface area contributed by atoms with Crippen LogP contribution in [0.3, 0.4) is 0 Å². The van der Waals surface area contributed by atoms with Crippen LogP contribution in [0.25, 0.3) is 10.9 Å². The summed E-state index contributed by atoms with van der Waals surface area (Å²) >= 11 is 0. The van der Waals surface area contributed by atoms with Crippen LogP contribution in [-0.4, -0.2) is 11.0 Å². The summed E-state index contributed by atoms with van der Waals surface area (Å²) < 4.78 is 0. The molecule has 88 valence electrons. The zero-order chi connectivity index (χ0) is 11.7. The SMILES string of the molecule is NC1CCC(c2ccc3ccccc3n2)CC1. The summed E-state index contributed by atoms with van der Waals surface area (Å²) in [6, 6.07) is 13.1. The molecule has 1 heterocycles. The lowest BCUT2D eigenvalue weighted by atomic mass is 9.84. The van der Waals surface area contributed by atoms with Gasteiger partial charge in [-0.05, 0) is 37.8 Å². The molecule has 2 aromatic rings. The topological polar surface area (TPSA) is 38.9 Å². The Kier molecular flexibility index (Phi) is 2.81. The molecule has 0 radical (unpaired) electrons. The Labute approximate surface area is 102 Å². The summed E-state index contributed by atoms with van der Waals surface area (Å²) in [5, 5.41) is 1.23. The van der Waals surface area contributed by atoms with Crippen molar-refractivity contribution >= 4 is 10.9 Å². The van der Waals surface area contributed by atoms with Crippen molar-refractivity contribution in [3.8, 4) is 0 Å². The first-order valence-electron chi connectivity index (χ1n) is 6.44. The van der Waals surface area contributed by atoms with E-state index < -0.39 is 0 Å². The third-order valence-electron chi connectivity index (χ3n) is 3.81. The van der Waals surface area contributed by atoms with Gasteiger partial charge in [0, 0.05) is 23.0 Å². The second-order valence-electron chi connectivity index (χ2n) is 5.04. The van der Waals surface area contributed by atoms with E-state index in [4.69, 9.17) is 10.7 Å². The average Bonchev–Trinajstić information content (AvgIpc) is 2.39. The average molecular weight is 226 g/mol. The van der Waals surface area contributed by atoms with Crippen LogP contribution in [0.2, 0.25) is 0 Å². The Morgan fingerprint density at radius 1 is 0.941 bits per heavy atom. The Balaban J connectivity index is 1.90. The molecule has 0 bridgehead atoms. The van der Waals surface area contributed by atoms with Gasteiger partial charge in [0.15, 0.2) is 0 Å². The molecule has 3 rings (SSSR count). The first-order valence-corrected chi connectivity index (χ1v) is 6.44. The second kappa shape index (κ2) is 4.46. The maximum absolute atomic E-state index is 5.95. The number of hydrogen-bond acceptors (Lipinski definition) is 2. The van der Waals surface area contributed by atoms with Crippen molar-refractivity contribution < 1.29 is 0 Å². The summed E-state index contributed by atoms with van der Waals surface area (Å²) in [6.07, 6.45) is 4.65. The molecule has 0 atom stereocenters. The van der Waals surface area contributed by atoms with E-state index >= 15 is 0 Å². The number of fused-ring (bicyclic) bond motifs is 1. The smallest absolute Gasteiger partial charge is 0.0705 e. The number of para-hydroxylation sites is 1. The lowest BCUT2D eigenvalue weighted by Gasteiger charge is -2.25. The highest BCUT2D eigenvalue weighted by atomic mass is 14.7. The van der Waals surface area contributed by atoms with Crippen molar-refractivity contribution in [1.82, 2.24) is 4.98 Å². The van der Waals surface area contributed by atoms with Gasteiger partial charge < -0.3 is 5.73 Å². The Morgan fingerprint density at radius 3 is 2.53 bits per heavy atom. The van der Waals surface area contributed by atoms with Crippen LogP contribution in [0.5, 0.6) is 0 Å². The maximum Gasteiger partial charge on any atom is 0.0705 e. The van der Waals surface area contributed by atoms with E-state index in [1.165, 1.54) is 23.9 Å². The van der Waals surface area contributed by atoms with Crippen molar-refractivity contribution in [3.63, 3.8) is 0 Å². The highest BCUT2D eigenvalue weighted by Gasteiger charge is 2.20. The molecule has 1 saturated carbocycles. The Hall–Kier alpha value is -1.41. The minimum absolute atomic E-state index is 0.409. The molecule has 1 aliphatic rings. The van der Waals surface area contributed by atoms with Crippen LogP contribution in [-0.2, 0) is 0 Å². The molecule has 0 unspecified atom stereocenters. The molecular weight excluding hydrogens is 208 g/mol. The molecular formula is C15H18N2.